The van der Waals surface area contributed by atoms with E-state index >= 15 is 0 Å². The third-order valence-electron chi connectivity index (χ3n) is 2.69. The van der Waals surface area contributed by atoms with Crippen LogP contribution in [0.5, 0.6) is 0 Å². The summed E-state index contributed by atoms with van der Waals surface area (Å²) in [4.78, 5) is 9.85. The molecule has 4 nitrogen and oxygen atoms in total. The highest BCUT2D eigenvalue weighted by atomic mass is 32.1. The maximum absolute atomic E-state index is 9.24. The average Bonchev–Trinajstić information content (AvgIpc) is 2.85. The lowest BCUT2D eigenvalue weighted by molar-refractivity contribution is 0.282. The number of nitrogens with zero attached hydrogens (tertiary/aromatic N) is 2. The number of aromatic nitrogens is 2. The van der Waals surface area contributed by atoms with Crippen LogP contribution in [0.1, 0.15) is 36.2 Å². The molecule has 2 rings (SSSR count). The summed E-state index contributed by atoms with van der Waals surface area (Å²) in [6.45, 7) is 7.15. The van der Waals surface area contributed by atoms with Gasteiger partial charge in [-0.1, -0.05) is 26.8 Å². The molecule has 0 aliphatic heterocycles. The van der Waals surface area contributed by atoms with E-state index in [4.69, 9.17) is 0 Å². The van der Waals surface area contributed by atoms with Gasteiger partial charge in [0, 0.05) is 28.2 Å². The molecule has 2 aromatic heterocycles. The molecule has 0 aliphatic carbocycles. The predicted octanol–water partition coefficient (Wildman–Crippen LogP) is 2.94. The zero-order chi connectivity index (χ0) is 13.9. The lowest BCUT2D eigenvalue weighted by Gasteiger charge is -2.13. The van der Waals surface area contributed by atoms with Crippen LogP contribution in [0, 0.1) is 0 Å². The molecule has 0 saturated carbocycles. The van der Waals surface area contributed by atoms with E-state index in [1.54, 1.807) is 17.5 Å². The lowest BCUT2D eigenvalue weighted by Crippen LogP contribution is -2.09. The summed E-state index contributed by atoms with van der Waals surface area (Å²) in [6, 6.07) is 3.68. The first kappa shape index (κ1) is 14.0. The van der Waals surface area contributed by atoms with Crippen LogP contribution >= 0.6 is 11.3 Å². The molecule has 0 spiro atoms. The standard InChI is InChI=1S/C14H19N3OS/c1-14(2,3)13-17-8-11(19-13)7-16-12-10(9-18)5-4-6-15-12/h4-6,8,18H,7,9H2,1-3H3,(H,15,16). The van der Waals surface area contributed by atoms with E-state index in [-0.39, 0.29) is 12.0 Å². The van der Waals surface area contributed by atoms with Crippen LogP contribution in [-0.4, -0.2) is 15.1 Å². The third-order valence-corrected chi connectivity index (χ3v) is 4.11. The fourth-order valence-electron chi connectivity index (χ4n) is 1.63. The van der Waals surface area contributed by atoms with Gasteiger partial charge in [-0.25, -0.2) is 9.97 Å². The topological polar surface area (TPSA) is 58.0 Å². The monoisotopic (exact) mass is 277 g/mol. The molecule has 0 aromatic carbocycles. The first-order chi connectivity index (χ1) is 9.00. The molecule has 0 radical (unpaired) electrons. The Morgan fingerprint density at radius 1 is 1.32 bits per heavy atom. The van der Waals surface area contributed by atoms with E-state index in [0.29, 0.717) is 6.54 Å². The largest absolute Gasteiger partial charge is 0.392 e. The van der Waals surface area contributed by atoms with Crippen molar-refractivity contribution in [1.82, 2.24) is 9.97 Å². The van der Waals surface area contributed by atoms with Crippen molar-refractivity contribution in [2.24, 2.45) is 0 Å². The maximum Gasteiger partial charge on any atom is 0.131 e. The SMILES string of the molecule is CC(C)(C)c1ncc(CNc2ncccc2CO)s1. The number of hydrogen-bond acceptors (Lipinski definition) is 5. The molecule has 0 atom stereocenters. The average molecular weight is 277 g/mol. The molecule has 0 amide bonds. The van der Waals surface area contributed by atoms with Gasteiger partial charge >= 0.3 is 0 Å². The molecular weight excluding hydrogens is 258 g/mol. The van der Waals surface area contributed by atoms with Gasteiger partial charge in [-0.05, 0) is 6.07 Å². The van der Waals surface area contributed by atoms with Crippen LogP contribution in [0.3, 0.4) is 0 Å². The molecule has 2 N–H and O–H groups in total. The molecule has 0 fully saturated rings. The van der Waals surface area contributed by atoms with Crippen LogP contribution in [0.2, 0.25) is 0 Å². The number of thiazole rings is 1. The second kappa shape index (κ2) is 5.67. The van der Waals surface area contributed by atoms with Gasteiger partial charge in [-0.3, -0.25) is 0 Å². The van der Waals surface area contributed by atoms with Crippen LogP contribution in [-0.2, 0) is 18.6 Å². The van der Waals surface area contributed by atoms with E-state index in [1.807, 2.05) is 18.3 Å². The Bertz CT molecular complexity index is 546. The summed E-state index contributed by atoms with van der Waals surface area (Å²) < 4.78 is 0. The third kappa shape index (κ3) is 3.52. The second-order valence-corrected chi connectivity index (χ2v) is 6.52. The van der Waals surface area contributed by atoms with Crippen molar-refractivity contribution < 1.29 is 5.11 Å². The number of rotatable bonds is 4. The molecule has 2 heterocycles. The minimum atomic E-state index is -0.00783. The zero-order valence-electron chi connectivity index (χ0n) is 11.5. The van der Waals surface area contributed by atoms with Crippen molar-refractivity contribution >= 4 is 17.2 Å². The minimum absolute atomic E-state index is 0.00783. The molecule has 5 heteroatoms. The van der Waals surface area contributed by atoms with E-state index in [0.717, 1.165) is 16.4 Å². The number of aliphatic hydroxyl groups is 1. The van der Waals surface area contributed by atoms with Crippen LogP contribution in [0.15, 0.2) is 24.5 Å². The highest BCUT2D eigenvalue weighted by Gasteiger charge is 2.17. The van der Waals surface area contributed by atoms with Gasteiger partial charge in [-0.2, -0.15) is 0 Å². The summed E-state index contributed by atoms with van der Waals surface area (Å²) in [5.41, 5.74) is 0.896. The Morgan fingerprint density at radius 3 is 2.74 bits per heavy atom. The van der Waals surface area contributed by atoms with Gasteiger partial charge in [0.05, 0.1) is 18.2 Å². The van der Waals surface area contributed by atoms with Gasteiger partial charge in [0.15, 0.2) is 0 Å². The summed E-state index contributed by atoms with van der Waals surface area (Å²) >= 11 is 1.71. The molecule has 19 heavy (non-hydrogen) atoms. The quantitative estimate of drug-likeness (QED) is 0.902. The first-order valence-electron chi connectivity index (χ1n) is 6.24. The molecule has 0 saturated heterocycles. The Labute approximate surface area is 117 Å². The maximum atomic E-state index is 9.24. The molecule has 102 valence electrons. The molecule has 2 aromatic rings. The van der Waals surface area contributed by atoms with Crippen molar-refractivity contribution in [3.63, 3.8) is 0 Å². The number of nitrogens with one attached hydrogen (secondary N) is 1. The smallest absolute Gasteiger partial charge is 0.131 e. The second-order valence-electron chi connectivity index (χ2n) is 5.40. The Kier molecular flexibility index (Phi) is 4.17. The predicted molar refractivity (Wildman–Crippen MR) is 78.3 cm³/mol. The van der Waals surface area contributed by atoms with Crippen LogP contribution in [0.4, 0.5) is 5.82 Å². The van der Waals surface area contributed by atoms with Crippen molar-refractivity contribution in [1.29, 1.82) is 0 Å². The number of anilines is 1. The van der Waals surface area contributed by atoms with E-state index < -0.39 is 0 Å². The summed E-state index contributed by atoms with van der Waals surface area (Å²) in [5.74, 6) is 0.732. The Balaban J connectivity index is 2.05. The number of pyridine rings is 1. The lowest BCUT2D eigenvalue weighted by atomic mass is 9.98. The Morgan fingerprint density at radius 2 is 2.11 bits per heavy atom. The number of aliphatic hydroxyl groups excluding tert-OH is 1. The van der Waals surface area contributed by atoms with Gasteiger partial charge in [-0.15, -0.1) is 11.3 Å². The molecule has 0 unspecified atom stereocenters. The molecular formula is C14H19N3OS. The fraction of sp³-hybridized carbons (Fsp3) is 0.429. The first-order valence-corrected chi connectivity index (χ1v) is 7.06. The molecule has 0 aliphatic rings. The summed E-state index contributed by atoms with van der Waals surface area (Å²) in [7, 11) is 0. The van der Waals surface area contributed by atoms with Crippen molar-refractivity contribution in [3.05, 3.63) is 40.0 Å². The van der Waals surface area contributed by atoms with E-state index in [9.17, 15) is 5.11 Å². The summed E-state index contributed by atoms with van der Waals surface area (Å²) in [5, 5.41) is 13.6. The highest BCUT2D eigenvalue weighted by molar-refractivity contribution is 7.11. The summed E-state index contributed by atoms with van der Waals surface area (Å²) in [6.07, 6.45) is 3.62. The Hall–Kier alpha value is -1.46. The van der Waals surface area contributed by atoms with E-state index in [2.05, 4.69) is 36.1 Å². The van der Waals surface area contributed by atoms with Crippen molar-refractivity contribution in [2.75, 3.05) is 5.32 Å². The zero-order valence-corrected chi connectivity index (χ0v) is 12.3. The molecule has 0 bridgehead atoms. The highest BCUT2D eigenvalue weighted by Crippen LogP contribution is 2.27. The van der Waals surface area contributed by atoms with Crippen molar-refractivity contribution in [2.45, 2.75) is 39.3 Å². The van der Waals surface area contributed by atoms with Gasteiger partial charge < -0.3 is 10.4 Å². The minimum Gasteiger partial charge on any atom is -0.392 e. The fourth-order valence-corrected chi connectivity index (χ4v) is 2.54. The van der Waals surface area contributed by atoms with Crippen molar-refractivity contribution in [3.8, 4) is 0 Å². The number of hydrogen-bond donors (Lipinski definition) is 2. The van der Waals surface area contributed by atoms with E-state index in [1.165, 1.54) is 4.88 Å². The van der Waals surface area contributed by atoms with Gasteiger partial charge in [0.2, 0.25) is 0 Å². The van der Waals surface area contributed by atoms with Crippen LogP contribution in [0.25, 0.3) is 0 Å². The van der Waals surface area contributed by atoms with Crippen LogP contribution < -0.4 is 5.32 Å². The normalized spacial score (nSPS) is 11.6. The van der Waals surface area contributed by atoms with Gasteiger partial charge in [0.25, 0.3) is 0 Å². The van der Waals surface area contributed by atoms with Gasteiger partial charge in [0.1, 0.15) is 5.82 Å².